The fourth-order valence-electron chi connectivity index (χ4n) is 4.79. The third kappa shape index (κ3) is 9.30. The molecule has 9 nitrogen and oxygen atoms in total. The van der Waals surface area contributed by atoms with Crippen LogP contribution in [0.15, 0.2) is 138 Å². The summed E-state index contributed by atoms with van der Waals surface area (Å²) in [5.41, 5.74) is 2.92. The van der Waals surface area contributed by atoms with Crippen LogP contribution in [0.5, 0.6) is 17.2 Å². The van der Waals surface area contributed by atoms with E-state index < -0.39 is 17.1 Å². The number of thioether (sulfide) groups is 1. The molecule has 49 heavy (non-hydrogen) atoms. The molecule has 5 aromatic rings. The van der Waals surface area contributed by atoms with Crippen LogP contribution < -0.4 is 30.2 Å². The van der Waals surface area contributed by atoms with Gasteiger partial charge < -0.3 is 30.2 Å². The number of ether oxygens (including phenoxy) is 3. The van der Waals surface area contributed by atoms with Crippen LogP contribution in [-0.4, -0.2) is 39.1 Å². The van der Waals surface area contributed by atoms with Gasteiger partial charge in [-0.15, -0.1) is 11.8 Å². The first-order valence-corrected chi connectivity index (χ1v) is 16.1. The second kappa shape index (κ2) is 16.7. The Kier molecular flexibility index (Phi) is 11.7. The summed E-state index contributed by atoms with van der Waals surface area (Å²) in [6, 6.07) is 37.5. The van der Waals surface area contributed by atoms with E-state index in [0.29, 0.717) is 39.8 Å². The summed E-state index contributed by atoms with van der Waals surface area (Å²) in [7, 11) is 4.66. The lowest BCUT2D eigenvalue weighted by molar-refractivity contribution is -0.116. The van der Waals surface area contributed by atoms with E-state index in [0.717, 1.165) is 10.5 Å². The zero-order chi connectivity index (χ0) is 34.6. The Labute approximate surface area is 289 Å². The third-order valence-corrected chi connectivity index (χ3v) is 8.56. The SMILES string of the molecule is COc1ccc(/C=C(/NC(=O)c2ccccc2)C(=O)Nc2cccc(SC(C(=O)Nc3ccc(OC)cc3OC)c3ccccc3)c2)cc1. The van der Waals surface area contributed by atoms with Crippen molar-refractivity contribution < 1.29 is 28.6 Å². The molecule has 0 radical (unpaired) electrons. The highest BCUT2D eigenvalue weighted by Crippen LogP contribution is 2.38. The average Bonchev–Trinajstić information content (AvgIpc) is 3.14. The molecule has 0 saturated carbocycles. The van der Waals surface area contributed by atoms with Crippen molar-refractivity contribution in [2.45, 2.75) is 10.1 Å². The number of hydrogen-bond donors (Lipinski definition) is 3. The van der Waals surface area contributed by atoms with Gasteiger partial charge in [-0.2, -0.15) is 0 Å². The molecule has 0 spiro atoms. The Balaban J connectivity index is 1.38. The molecule has 1 unspecified atom stereocenters. The Bertz CT molecular complexity index is 1930. The van der Waals surface area contributed by atoms with E-state index >= 15 is 0 Å². The first-order chi connectivity index (χ1) is 23.9. The molecule has 5 aromatic carbocycles. The molecule has 3 N–H and O–H groups in total. The van der Waals surface area contributed by atoms with Gasteiger partial charge in [0.1, 0.15) is 28.2 Å². The van der Waals surface area contributed by atoms with Gasteiger partial charge in [-0.25, -0.2) is 0 Å². The number of benzene rings is 5. The number of nitrogens with one attached hydrogen (secondary N) is 3. The maximum atomic E-state index is 13.8. The zero-order valence-electron chi connectivity index (χ0n) is 27.1. The first-order valence-electron chi connectivity index (χ1n) is 15.2. The van der Waals surface area contributed by atoms with E-state index in [1.165, 1.54) is 18.9 Å². The van der Waals surface area contributed by atoms with Gasteiger partial charge in [-0.3, -0.25) is 14.4 Å². The Morgan fingerprint density at radius 1 is 0.673 bits per heavy atom. The molecule has 0 aliphatic rings. The number of carbonyl (C=O) groups excluding carboxylic acids is 3. The lowest BCUT2D eigenvalue weighted by Gasteiger charge is -2.19. The molecular weight excluding hydrogens is 639 g/mol. The number of amides is 3. The summed E-state index contributed by atoms with van der Waals surface area (Å²) >= 11 is 1.33. The number of methoxy groups -OCH3 is 3. The highest BCUT2D eigenvalue weighted by Gasteiger charge is 2.24. The standard InChI is InChI=1S/C39H35N3O6S/c1-46-30-19-17-26(18-20-30)23-34(42-37(43)28-13-8-5-9-14-28)38(44)40-29-15-10-16-32(24-29)49-36(27-11-6-4-7-12-27)39(45)41-33-22-21-31(47-2)25-35(33)48-3/h4-25,36H,1-3H3,(H,40,44)(H,41,45)(H,42,43)/b34-23+. The molecule has 10 heteroatoms. The molecule has 0 saturated heterocycles. The van der Waals surface area contributed by atoms with E-state index in [1.54, 1.807) is 105 Å². The maximum Gasteiger partial charge on any atom is 0.272 e. The normalized spacial score (nSPS) is 11.5. The van der Waals surface area contributed by atoms with E-state index in [9.17, 15) is 14.4 Å². The zero-order valence-corrected chi connectivity index (χ0v) is 28.0. The minimum atomic E-state index is -0.644. The van der Waals surface area contributed by atoms with Crippen LogP contribution in [0.25, 0.3) is 6.08 Å². The van der Waals surface area contributed by atoms with Crippen molar-refractivity contribution in [3.63, 3.8) is 0 Å². The van der Waals surface area contributed by atoms with Gasteiger partial charge in [0, 0.05) is 22.2 Å². The van der Waals surface area contributed by atoms with Crippen LogP contribution in [0.1, 0.15) is 26.7 Å². The van der Waals surface area contributed by atoms with Crippen LogP contribution in [0.4, 0.5) is 11.4 Å². The monoisotopic (exact) mass is 673 g/mol. The van der Waals surface area contributed by atoms with Gasteiger partial charge in [0.2, 0.25) is 5.91 Å². The lowest BCUT2D eigenvalue weighted by Crippen LogP contribution is -2.30. The van der Waals surface area contributed by atoms with Crippen molar-refractivity contribution in [3.8, 4) is 17.2 Å². The molecule has 0 heterocycles. The number of rotatable bonds is 13. The van der Waals surface area contributed by atoms with Gasteiger partial charge in [0.15, 0.2) is 0 Å². The smallest absolute Gasteiger partial charge is 0.272 e. The quantitative estimate of drug-likeness (QED) is 0.0872. The second-order valence-corrected chi connectivity index (χ2v) is 11.8. The molecule has 0 aliphatic heterocycles. The minimum absolute atomic E-state index is 0.0482. The van der Waals surface area contributed by atoms with Crippen LogP contribution in [-0.2, 0) is 9.59 Å². The van der Waals surface area contributed by atoms with Gasteiger partial charge in [0.05, 0.1) is 27.0 Å². The van der Waals surface area contributed by atoms with Crippen molar-refractivity contribution in [1.29, 1.82) is 0 Å². The predicted molar refractivity (Wildman–Crippen MR) is 193 cm³/mol. The van der Waals surface area contributed by atoms with Crippen molar-refractivity contribution in [2.24, 2.45) is 0 Å². The van der Waals surface area contributed by atoms with Crippen molar-refractivity contribution in [1.82, 2.24) is 5.32 Å². The summed E-state index contributed by atoms with van der Waals surface area (Å²) in [6.45, 7) is 0. The number of hydrogen-bond acceptors (Lipinski definition) is 7. The average molecular weight is 674 g/mol. The molecular formula is C39H35N3O6S. The lowest BCUT2D eigenvalue weighted by atomic mass is 10.1. The van der Waals surface area contributed by atoms with Gasteiger partial charge in [0.25, 0.3) is 11.8 Å². The van der Waals surface area contributed by atoms with Gasteiger partial charge in [-0.1, -0.05) is 66.7 Å². The molecule has 5 rings (SSSR count). The number of anilines is 2. The Hall–Kier alpha value is -6.00. The van der Waals surface area contributed by atoms with E-state index in [1.807, 2.05) is 42.5 Å². The Morgan fingerprint density at radius 2 is 1.35 bits per heavy atom. The molecule has 0 aliphatic carbocycles. The molecule has 248 valence electrons. The fraction of sp³-hybridized carbons (Fsp3) is 0.103. The fourth-order valence-corrected chi connectivity index (χ4v) is 5.88. The number of carbonyl (C=O) groups is 3. The van der Waals surface area contributed by atoms with E-state index in [-0.39, 0.29) is 11.6 Å². The summed E-state index contributed by atoms with van der Waals surface area (Å²) in [5.74, 6) is 0.520. The highest BCUT2D eigenvalue weighted by atomic mass is 32.2. The topological polar surface area (TPSA) is 115 Å². The van der Waals surface area contributed by atoms with Crippen molar-refractivity contribution in [2.75, 3.05) is 32.0 Å². The molecule has 3 amide bonds. The Morgan fingerprint density at radius 3 is 2.02 bits per heavy atom. The molecule has 0 aromatic heterocycles. The first kappa shape index (κ1) is 34.3. The molecule has 1 atom stereocenters. The molecule has 0 fully saturated rings. The van der Waals surface area contributed by atoms with Crippen molar-refractivity contribution >= 4 is 46.9 Å². The van der Waals surface area contributed by atoms with Crippen molar-refractivity contribution in [3.05, 3.63) is 150 Å². The van der Waals surface area contributed by atoms with Crippen LogP contribution in [0.3, 0.4) is 0 Å². The largest absolute Gasteiger partial charge is 0.497 e. The summed E-state index contributed by atoms with van der Waals surface area (Å²) < 4.78 is 16.0. The van der Waals surface area contributed by atoms with Crippen LogP contribution in [0, 0.1) is 0 Å². The van der Waals surface area contributed by atoms with Gasteiger partial charge in [-0.05, 0) is 71.8 Å². The van der Waals surface area contributed by atoms with Crippen LogP contribution in [0.2, 0.25) is 0 Å². The highest BCUT2D eigenvalue weighted by molar-refractivity contribution is 8.00. The van der Waals surface area contributed by atoms with Crippen LogP contribution >= 0.6 is 11.8 Å². The van der Waals surface area contributed by atoms with Gasteiger partial charge >= 0.3 is 0 Å². The van der Waals surface area contributed by atoms with E-state index in [2.05, 4.69) is 16.0 Å². The molecule has 0 bridgehead atoms. The summed E-state index contributed by atoms with van der Waals surface area (Å²) in [4.78, 5) is 41.3. The predicted octanol–water partition coefficient (Wildman–Crippen LogP) is 7.59. The maximum absolute atomic E-state index is 13.8. The third-order valence-electron chi connectivity index (χ3n) is 7.31. The summed E-state index contributed by atoms with van der Waals surface area (Å²) in [5, 5.41) is 8.00. The minimum Gasteiger partial charge on any atom is -0.497 e. The van der Waals surface area contributed by atoms with E-state index in [4.69, 9.17) is 14.2 Å². The summed E-state index contributed by atoms with van der Waals surface area (Å²) in [6.07, 6.45) is 1.59. The second-order valence-electron chi connectivity index (χ2n) is 10.6.